The lowest BCUT2D eigenvalue weighted by molar-refractivity contribution is -0.777. The first kappa shape index (κ1) is 12.9. The van der Waals surface area contributed by atoms with Gasteiger partial charge in [0.25, 0.3) is 6.23 Å². The van der Waals surface area contributed by atoms with E-state index in [0.29, 0.717) is 0 Å². The molecule has 1 fully saturated rings. The molecule has 0 bridgehead atoms. The normalized spacial score (nSPS) is 36.3. The molecule has 1 aliphatic rings. The van der Waals surface area contributed by atoms with Crippen molar-refractivity contribution in [1.82, 2.24) is 0 Å². The first-order valence-corrected chi connectivity index (χ1v) is 5.38. The van der Waals surface area contributed by atoms with Crippen molar-refractivity contribution in [3.63, 3.8) is 0 Å². The molecule has 7 heteroatoms. The summed E-state index contributed by atoms with van der Waals surface area (Å²) in [5, 5.41) is 39.7. The van der Waals surface area contributed by atoms with E-state index in [1.54, 1.807) is 30.6 Å². The Morgan fingerprint density at radius 2 is 1.67 bits per heavy atom. The molecule has 0 aliphatic carbocycles. The van der Waals surface area contributed by atoms with Gasteiger partial charge in [-0.1, -0.05) is 6.07 Å². The average Bonchev–Trinajstić information content (AvgIpc) is 2.37. The van der Waals surface area contributed by atoms with Gasteiger partial charge in [0.15, 0.2) is 18.5 Å². The van der Waals surface area contributed by atoms with E-state index < -0.39 is 36.6 Å². The number of rotatable bonds is 2. The van der Waals surface area contributed by atoms with Crippen molar-refractivity contribution in [2.75, 3.05) is 0 Å². The quantitative estimate of drug-likeness (QED) is 0.477. The fraction of sp³-hybridized carbons (Fsp3) is 0.455. The number of nitrogens with zero attached hydrogens (tertiary/aromatic N) is 1. The molecule has 98 valence electrons. The zero-order valence-electron chi connectivity index (χ0n) is 9.29. The Morgan fingerprint density at radius 1 is 1.06 bits per heavy atom. The van der Waals surface area contributed by atoms with Gasteiger partial charge < -0.3 is 30.0 Å². The lowest BCUT2D eigenvalue weighted by Gasteiger charge is -2.37. The largest absolute Gasteiger partial charge is 0.547 e. The van der Waals surface area contributed by atoms with Crippen LogP contribution in [0.15, 0.2) is 30.6 Å². The van der Waals surface area contributed by atoms with Gasteiger partial charge in [-0.25, -0.2) is 0 Å². The summed E-state index contributed by atoms with van der Waals surface area (Å²) in [6.07, 6.45) is -4.50. The third kappa shape index (κ3) is 2.21. The monoisotopic (exact) mass is 255 g/mol. The molecule has 0 unspecified atom stereocenters. The van der Waals surface area contributed by atoms with Crippen LogP contribution in [0.5, 0.6) is 0 Å². The van der Waals surface area contributed by atoms with Gasteiger partial charge >= 0.3 is 0 Å². The number of hydrogen-bond donors (Lipinski definition) is 3. The van der Waals surface area contributed by atoms with Crippen LogP contribution in [0.1, 0.15) is 6.23 Å². The van der Waals surface area contributed by atoms with Gasteiger partial charge in [-0.2, -0.15) is 4.57 Å². The van der Waals surface area contributed by atoms with Crippen molar-refractivity contribution in [1.29, 1.82) is 0 Å². The van der Waals surface area contributed by atoms with Crippen LogP contribution >= 0.6 is 0 Å². The van der Waals surface area contributed by atoms with Gasteiger partial charge in [0.05, 0.1) is 5.97 Å². The SMILES string of the molecule is O=C([O-])[C@H]1O[C@@H]([n+]2ccccc2)[C@H](O)[C@@H](O)[C@@H]1O. The molecular formula is C11H13NO6. The number of aliphatic hydroxyl groups is 3. The van der Waals surface area contributed by atoms with E-state index >= 15 is 0 Å². The molecule has 2 rings (SSSR count). The first-order valence-electron chi connectivity index (χ1n) is 5.38. The smallest absolute Gasteiger partial charge is 0.292 e. The zero-order valence-corrected chi connectivity index (χ0v) is 9.29. The number of carboxylic acids is 1. The van der Waals surface area contributed by atoms with Crippen molar-refractivity contribution in [3.05, 3.63) is 30.6 Å². The van der Waals surface area contributed by atoms with E-state index in [4.69, 9.17) is 4.74 Å². The summed E-state index contributed by atoms with van der Waals surface area (Å²) in [6.45, 7) is 0. The lowest BCUT2D eigenvalue weighted by Crippen LogP contribution is -2.65. The maximum Gasteiger partial charge on any atom is 0.292 e. The fourth-order valence-electron chi connectivity index (χ4n) is 1.88. The second-order valence-corrected chi connectivity index (χ2v) is 4.06. The predicted molar refractivity (Wildman–Crippen MR) is 53.6 cm³/mol. The van der Waals surface area contributed by atoms with Gasteiger partial charge in [0.2, 0.25) is 0 Å². The van der Waals surface area contributed by atoms with Crippen LogP contribution in [0.25, 0.3) is 0 Å². The summed E-state index contributed by atoms with van der Waals surface area (Å²) in [5.74, 6) is -1.64. The molecule has 7 nitrogen and oxygen atoms in total. The maximum absolute atomic E-state index is 10.8. The Labute approximate surface area is 102 Å². The third-order valence-electron chi connectivity index (χ3n) is 2.85. The molecule has 0 amide bonds. The maximum atomic E-state index is 10.8. The van der Waals surface area contributed by atoms with E-state index in [1.807, 2.05) is 0 Å². The van der Waals surface area contributed by atoms with Crippen LogP contribution in [-0.4, -0.2) is 45.7 Å². The Kier molecular flexibility index (Phi) is 3.58. The molecule has 5 atom stereocenters. The average molecular weight is 255 g/mol. The Morgan fingerprint density at radius 3 is 2.22 bits per heavy atom. The molecule has 18 heavy (non-hydrogen) atoms. The molecule has 0 radical (unpaired) electrons. The van der Waals surface area contributed by atoms with E-state index in [0.717, 1.165) is 0 Å². The molecule has 0 aromatic carbocycles. The molecule has 3 N–H and O–H groups in total. The number of hydrogen-bond acceptors (Lipinski definition) is 6. The second-order valence-electron chi connectivity index (χ2n) is 4.06. The highest BCUT2D eigenvalue weighted by molar-refractivity contribution is 5.71. The minimum Gasteiger partial charge on any atom is -0.547 e. The van der Waals surface area contributed by atoms with Gasteiger partial charge in [0.1, 0.15) is 18.3 Å². The summed E-state index contributed by atoms with van der Waals surface area (Å²) in [6, 6.07) is 5.04. The van der Waals surface area contributed by atoms with Gasteiger partial charge in [-0.15, -0.1) is 0 Å². The van der Waals surface area contributed by atoms with Crippen LogP contribution in [0, 0.1) is 0 Å². The molecular weight excluding hydrogens is 242 g/mol. The van der Waals surface area contributed by atoms with Crippen molar-refractivity contribution in [3.8, 4) is 0 Å². The van der Waals surface area contributed by atoms with Crippen LogP contribution in [0.3, 0.4) is 0 Å². The third-order valence-corrected chi connectivity index (χ3v) is 2.85. The number of aliphatic hydroxyl groups excluding tert-OH is 3. The minimum atomic E-state index is -1.73. The van der Waals surface area contributed by atoms with Crippen molar-refractivity contribution in [2.24, 2.45) is 0 Å². The number of carbonyl (C=O) groups is 1. The summed E-state index contributed by atoms with van der Waals surface area (Å²) in [5.41, 5.74) is 0. The summed E-state index contributed by atoms with van der Waals surface area (Å²) in [4.78, 5) is 10.8. The first-order chi connectivity index (χ1) is 8.52. The highest BCUT2D eigenvalue weighted by atomic mass is 16.6. The Bertz CT molecular complexity index is 425. The fourth-order valence-corrected chi connectivity index (χ4v) is 1.88. The van der Waals surface area contributed by atoms with E-state index in [1.165, 1.54) is 4.57 Å². The Balaban J connectivity index is 2.28. The van der Waals surface area contributed by atoms with E-state index in [2.05, 4.69) is 0 Å². The van der Waals surface area contributed by atoms with E-state index in [-0.39, 0.29) is 0 Å². The molecule has 0 saturated carbocycles. The minimum absolute atomic E-state index is 1.10. The van der Waals surface area contributed by atoms with Gasteiger partial charge in [-0.05, 0) is 0 Å². The standard InChI is InChI=1S/C11H13NO6/c13-6-7(14)9(11(16)17)18-10(8(6)15)12-4-2-1-3-5-12/h1-10,13-15H/t6-,7-,8+,9-,10+/m0/s1. The zero-order chi connectivity index (χ0) is 13.3. The van der Waals surface area contributed by atoms with Crippen molar-refractivity contribution < 1.29 is 34.5 Å². The molecule has 1 aromatic rings. The topological polar surface area (TPSA) is 114 Å². The number of pyridine rings is 1. The molecule has 1 saturated heterocycles. The summed E-state index contributed by atoms with van der Waals surface area (Å²) < 4.78 is 6.47. The molecule has 2 heterocycles. The molecule has 0 spiro atoms. The van der Waals surface area contributed by atoms with Crippen LogP contribution in [0.2, 0.25) is 0 Å². The molecule has 1 aliphatic heterocycles. The van der Waals surface area contributed by atoms with Crippen LogP contribution in [-0.2, 0) is 9.53 Å². The molecule has 1 aromatic heterocycles. The predicted octanol–water partition coefficient (Wildman–Crippen LogP) is -3.30. The number of carboxylic acid groups (broad SMARTS) is 1. The number of aromatic nitrogens is 1. The van der Waals surface area contributed by atoms with E-state index in [9.17, 15) is 25.2 Å². The number of carbonyl (C=O) groups excluding carboxylic acids is 1. The highest BCUT2D eigenvalue weighted by Gasteiger charge is 2.48. The van der Waals surface area contributed by atoms with Gasteiger partial charge in [0, 0.05) is 12.1 Å². The second kappa shape index (κ2) is 4.99. The lowest BCUT2D eigenvalue weighted by atomic mass is 9.98. The van der Waals surface area contributed by atoms with Crippen molar-refractivity contribution >= 4 is 5.97 Å². The summed E-state index contributed by atoms with van der Waals surface area (Å²) >= 11 is 0. The summed E-state index contributed by atoms with van der Waals surface area (Å²) in [7, 11) is 0. The number of aliphatic carboxylic acids is 1. The van der Waals surface area contributed by atoms with Crippen LogP contribution in [0.4, 0.5) is 0 Å². The number of ether oxygens (including phenoxy) is 1. The van der Waals surface area contributed by atoms with Gasteiger partial charge in [-0.3, -0.25) is 0 Å². The Hall–Kier alpha value is -1.54. The van der Waals surface area contributed by atoms with Crippen LogP contribution < -0.4 is 9.67 Å². The highest BCUT2D eigenvalue weighted by Crippen LogP contribution is 2.24. The van der Waals surface area contributed by atoms with Crippen molar-refractivity contribution in [2.45, 2.75) is 30.6 Å².